The molecule has 0 spiro atoms. The number of rotatable bonds is 14. The van der Waals surface area contributed by atoms with Crippen LogP contribution in [0.1, 0.15) is 86.5 Å². The van der Waals surface area contributed by atoms with Crippen molar-refractivity contribution in [1.82, 2.24) is 4.57 Å². The number of ether oxygens (including phenoxy) is 2. The first-order valence-electron chi connectivity index (χ1n) is 14.5. The van der Waals surface area contributed by atoms with Crippen LogP contribution in [-0.2, 0) is 22.5 Å². The molecule has 0 amide bonds. The predicted molar refractivity (Wildman–Crippen MR) is 161 cm³/mol. The van der Waals surface area contributed by atoms with E-state index in [-0.39, 0.29) is 17.9 Å². The highest BCUT2D eigenvalue weighted by Crippen LogP contribution is 2.29. The van der Waals surface area contributed by atoms with Crippen molar-refractivity contribution in [2.75, 3.05) is 6.61 Å². The van der Waals surface area contributed by atoms with Crippen LogP contribution in [0.25, 0.3) is 10.9 Å². The van der Waals surface area contributed by atoms with Crippen molar-refractivity contribution in [2.45, 2.75) is 72.4 Å². The second kappa shape index (κ2) is 14.0. The summed E-state index contributed by atoms with van der Waals surface area (Å²) in [7, 11) is 0. The highest BCUT2D eigenvalue weighted by atomic mass is 16.5. The Labute approximate surface area is 238 Å². The number of aromatic nitrogens is 1. The van der Waals surface area contributed by atoms with Gasteiger partial charge in [-0.3, -0.25) is 9.59 Å². The first kappa shape index (κ1) is 29.1. The van der Waals surface area contributed by atoms with E-state index in [1.54, 1.807) is 0 Å². The molecule has 1 heterocycles. The van der Waals surface area contributed by atoms with E-state index in [1.807, 2.05) is 61.7 Å². The Hall–Kier alpha value is -3.86. The van der Waals surface area contributed by atoms with Gasteiger partial charge >= 0.3 is 5.97 Å². The number of hydrogen-bond donors (Lipinski definition) is 0. The van der Waals surface area contributed by atoms with Crippen LogP contribution in [0.5, 0.6) is 5.75 Å². The Morgan fingerprint density at radius 3 is 2.30 bits per heavy atom. The van der Waals surface area contributed by atoms with E-state index in [0.29, 0.717) is 43.0 Å². The lowest BCUT2D eigenvalue weighted by atomic mass is 9.99. The number of nitrogens with zero attached hydrogens (tertiary/aromatic N) is 1. The third-order valence-electron chi connectivity index (χ3n) is 7.06. The normalized spacial score (nSPS) is 12.0. The molecule has 0 unspecified atom stereocenters. The highest BCUT2D eigenvalue weighted by molar-refractivity contribution is 6.16. The van der Waals surface area contributed by atoms with Crippen LogP contribution in [0.3, 0.4) is 0 Å². The second-order valence-corrected chi connectivity index (χ2v) is 10.8. The summed E-state index contributed by atoms with van der Waals surface area (Å²) < 4.78 is 13.5. The average molecular weight is 540 g/mol. The molecule has 1 atom stereocenters. The van der Waals surface area contributed by atoms with Crippen molar-refractivity contribution in [2.24, 2.45) is 5.92 Å². The topological polar surface area (TPSA) is 57.5 Å². The molecule has 40 heavy (non-hydrogen) atoms. The number of carbonyl (C=O) groups is 2. The lowest BCUT2D eigenvalue weighted by Crippen LogP contribution is -2.08. The zero-order valence-corrected chi connectivity index (χ0v) is 24.2. The van der Waals surface area contributed by atoms with Gasteiger partial charge in [0.15, 0.2) is 5.78 Å². The van der Waals surface area contributed by atoms with Crippen molar-refractivity contribution in [3.05, 3.63) is 101 Å². The summed E-state index contributed by atoms with van der Waals surface area (Å²) in [4.78, 5) is 25.3. The molecule has 0 fully saturated rings. The average Bonchev–Trinajstić information content (AvgIpc) is 3.32. The molecule has 5 nitrogen and oxygen atoms in total. The minimum atomic E-state index is -0.193. The van der Waals surface area contributed by atoms with Crippen molar-refractivity contribution in [1.29, 1.82) is 0 Å². The molecule has 0 aliphatic carbocycles. The maximum atomic E-state index is 13.6. The molecule has 1 aromatic heterocycles. The summed E-state index contributed by atoms with van der Waals surface area (Å²) in [5.41, 5.74) is 4.77. The SMILES string of the molecule is CCC[C@@H](Oc1ccc(C(=O)c2cn(CCCC(=O)OCC)c3ccccc23)cc1)c1ccc(CC(C)C)cc1. The summed E-state index contributed by atoms with van der Waals surface area (Å²) in [6.07, 6.45) is 5.87. The number of para-hydroxylation sites is 1. The summed E-state index contributed by atoms with van der Waals surface area (Å²) in [5.74, 6) is 1.16. The monoisotopic (exact) mass is 539 g/mol. The van der Waals surface area contributed by atoms with Gasteiger partial charge in [-0.15, -0.1) is 0 Å². The van der Waals surface area contributed by atoms with Crippen LogP contribution in [-0.4, -0.2) is 22.9 Å². The van der Waals surface area contributed by atoms with Crippen LogP contribution in [0.4, 0.5) is 0 Å². The van der Waals surface area contributed by atoms with E-state index in [4.69, 9.17) is 9.47 Å². The first-order chi connectivity index (χ1) is 19.4. The maximum Gasteiger partial charge on any atom is 0.305 e. The van der Waals surface area contributed by atoms with Crippen LogP contribution < -0.4 is 4.74 Å². The van der Waals surface area contributed by atoms with E-state index >= 15 is 0 Å². The van der Waals surface area contributed by atoms with Gasteiger partial charge in [-0.25, -0.2) is 0 Å². The third kappa shape index (κ3) is 7.41. The Kier molecular flexibility index (Phi) is 10.2. The molecule has 4 aromatic rings. The largest absolute Gasteiger partial charge is 0.486 e. The Balaban J connectivity index is 1.48. The lowest BCUT2D eigenvalue weighted by molar-refractivity contribution is -0.143. The first-order valence-corrected chi connectivity index (χ1v) is 14.5. The number of aryl methyl sites for hydroxylation is 1. The number of benzene rings is 3. The van der Waals surface area contributed by atoms with Gasteiger partial charge in [-0.05, 0) is 73.6 Å². The molecule has 0 radical (unpaired) electrons. The number of esters is 1. The molecule has 0 saturated carbocycles. The molecule has 210 valence electrons. The zero-order valence-electron chi connectivity index (χ0n) is 24.2. The quantitative estimate of drug-likeness (QED) is 0.119. The summed E-state index contributed by atoms with van der Waals surface area (Å²) in [6.45, 7) is 9.47. The molecule has 0 aliphatic heterocycles. The number of fused-ring (bicyclic) bond motifs is 1. The molecule has 3 aromatic carbocycles. The molecule has 4 rings (SSSR count). The number of carbonyl (C=O) groups excluding carboxylic acids is 2. The van der Waals surface area contributed by atoms with Gasteiger partial charge in [-0.1, -0.05) is 69.7 Å². The van der Waals surface area contributed by atoms with Crippen LogP contribution >= 0.6 is 0 Å². The van der Waals surface area contributed by atoms with E-state index in [2.05, 4.69) is 49.6 Å². The number of ketones is 1. The fourth-order valence-corrected chi connectivity index (χ4v) is 5.14. The van der Waals surface area contributed by atoms with E-state index < -0.39 is 0 Å². The Morgan fingerprint density at radius 2 is 1.62 bits per heavy atom. The lowest BCUT2D eigenvalue weighted by Gasteiger charge is -2.20. The van der Waals surface area contributed by atoms with Gasteiger partial charge in [0.25, 0.3) is 0 Å². The van der Waals surface area contributed by atoms with Crippen molar-refractivity contribution >= 4 is 22.7 Å². The molecule has 0 aliphatic rings. The fourth-order valence-electron chi connectivity index (χ4n) is 5.14. The van der Waals surface area contributed by atoms with Crippen LogP contribution in [0, 0.1) is 5.92 Å². The molecular weight excluding hydrogens is 498 g/mol. The van der Waals surface area contributed by atoms with Crippen molar-refractivity contribution in [3.8, 4) is 5.75 Å². The summed E-state index contributed by atoms with van der Waals surface area (Å²) in [6, 6.07) is 24.1. The fraction of sp³-hybridized carbons (Fsp3) is 0.371. The third-order valence-corrected chi connectivity index (χ3v) is 7.06. The van der Waals surface area contributed by atoms with Gasteiger partial charge in [0, 0.05) is 41.2 Å². The molecule has 0 saturated heterocycles. The Morgan fingerprint density at radius 1 is 0.900 bits per heavy atom. The van der Waals surface area contributed by atoms with E-state index in [0.717, 1.165) is 35.9 Å². The zero-order chi connectivity index (χ0) is 28.5. The van der Waals surface area contributed by atoms with Crippen molar-refractivity contribution < 1.29 is 19.1 Å². The van der Waals surface area contributed by atoms with Gasteiger partial charge in [-0.2, -0.15) is 0 Å². The maximum absolute atomic E-state index is 13.6. The van der Waals surface area contributed by atoms with Crippen LogP contribution in [0.2, 0.25) is 0 Å². The van der Waals surface area contributed by atoms with Gasteiger partial charge < -0.3 is 14.0 Å². The molecule has 5 heteroatoms. The summed E-state index contributed by atoms with van der Waals surface area (Å²) in [5, 5.41) is 0.910. The highest BCUT2D eigenvalue weighted by Gasteiger charge is 2.18. The minimum absolute atomic E-state index is 0.0299. The Bertz CT molecular complexity index is 1400. The van der Waals surface area contributed by atoms with E-state index in [1.165, 1.54) is 11.1 Å². The predicted octanol–water partition coefficient (Wildman–Crippen LogP) is 8.33. The summed E-state index contributed by atoms with van der Waals surface area (Å²) >= 11 is 0. The van der Waals surface area contributed by atoms with Crippen molar-refractivity contribution in [3.63, 3.8) is 0 Å². The molecule has 0 N–H and O–H groups in total. The molecule has 0 bridgehead atoms. The molecular formula is C35H41NO4. The minimum Gasteiger partial charge on any atom is -0.486 e. The van der Waals surface area contributed by atoms with Gasteiger partial charge in [0.1, 0.15) is 11.9 Å². The van der Waals surface area contributed by atoms with Gasteiger partial charge in [0.2, 0.25) is 0 Å². The smallest absolute Gasteiger partial charge is 0.305 e. The van der Waals surface area contributed by atoms with E-state index in [9.17, 15) is 9.59 Å². The second-order valence-electron chi connectivity index (χ2n) is 10.8. The number of hydrogen-bond acceptors (Lipinski definition) is 4. The van der Waals surface area contributed by atoms with Crippen LogP contribution in [0.15, 0.2) is 79.0 Å². The standard InChI is InChI=1S/C35H41NO4/c1-5-10-33(27-16-14-26(15-17-27)23-25(3)4)40-29-20-18-28(19-21-29)35(38)31-24-36(22-9-13-34(37)39-6-2)32-12-8-7-11-30(31)32/h7-8,11-12,14-21,24-25,33H,5-6,9-10,13,22-23H2,1-4H3/t33-/m1/s1. The van der Waals surface area contributed by atoms with Gasteiger partial charge in [0.05, 0.1) is 6.61 Å².